The fourth-order valence-electron chi connectivity index (χ4n) is 2.54. The lowest BCUT2D eigenvalue weighted by atomic mass is 9.95. The van der Waals surface area contributed by atoms with Gasteiger partial charge in [0.1, 0.15) is 9.84 Å². The molecule has 1 unspecified atom stereocenters. The zero-order valence-electron chi connectivity index (χ0n) is 11.8. The second kappa shape index (κ2) is 5.93. The molecule has 1 heterocycles. The molecule has 1 amide bonds. The fraction of sp³-hybridized carbons (Fsp3) is 0.500. The summed E-state index contributed by atoms with van der Waals surface area (Å²) in [5, 5.41) is 6.03. The van der Waals surface area contributed by atoms with Crippen molar-refractivity contribution in [3.05, 3.63) is 34.9 Å². The van der Waals surface area contributed by atoms with Gasteiger partial charge < -0.3 is 10.6 Å². The molecule has 0 spiro atoms. The lowest BCUT2D eigenvalue weighted by Crippen LogP contribution is -2.38. The Labute approximate surface area is 119 Å². The van der Waals surface area contributed by atoms with Crippen molar-refractivity contribution < 1.29 is 13.2 Å². The predicted octanol–water partition coefficient (Wildman–Crippen LogP) is 0.495. The molecule has 1 aliphatic rings. The molecule has 0 aliphatic carbocycles. The third kappa shape index (κ3) is 3.80. The van der Waals surface area contributed by atoms with Crippen molar-refractivity contribution in [2.45, 2.75) is 25.9 Å². The molecule has 1 atom stereocenters. The Morgan fingerprint density at radius 2 is 2.20 bits per heavy atom. The van der Waals surface area contributed by atoms with Crippen molar-refractivity contribution >= 4 is 15.7 Å². The molecule has 1 aromatic carbocycles. The van der Waals surface area contributed by atoms with Crippen LogP contribution >= 0.6 is 0 Å². The summed E-state index contributed by atoms with van der Waals surface area (Å²) in [6, 6.07) is 5.28. The third-order valence-corrected chi connectivity index (χ3v) is 4.42. The van der Waals surface area contributed by atoms with Crippen LogP contribution in [0.5, 0.6) is 0 Å². The van der Waals surface area contributed by atoms with Gasteiger partial charge in [0.05, 0.1) is 5.75 Å². The van der Waals surface area contributed by atoms with Gasteiger partial charge in [-0.15, -0.1) is 0 Å². The lowest BCUT2D eigenvalue weighted by Gasteiger charge is -2.21. The number of amides is 1. The summed E-state index contributed by atoms with van der Waals surface area (Å²) in [6.07, 6.45) is 1.99. The summed E-state index contributed by atoms with van der Waals surface area (Å²) in [5.74, 6) is -0.241. The van der Waals surface area contributed by atoms with E-state index in [2.05, 4.69) is 10.6 Å². The molecule has 0 bridgehead atoms. The lowest BCUT2D eigenvalue weighted by molar-refractivity contribution is 0.0942. The minimum atomic E-state index is -3.09. The molecule has 20 heavy (non-hydrogen) atoms. The molecule has 1 aromatic rings. The third-order valence-electron chi connectivity index (χ3n) is 3.32. The SMILES string of the molecule is CC(CS(C)(=O)=O)NC(=O)c1cccc2c1CCNC2. The molecule has 0 fully saturated rings. The Morgan fingerprint density at radius 3 is 2.90 bits per heavy atom. The van der Waals surface area contributed by atoms with Crippen LogP contribution in [0.1, 0.15) is 28.4 Å². The van der Waals surface area contributed by atoms with Gasteiger partial charge in [-0.1, -0.05) is 12.1 Å². The minimum absolute atomic E-state index is 0.0463. The maximum atomic E-state index is 12.3. The molecular formula is C14H20N2O3S. The summed E-state index contributed by atoms with van der Waals surface area (Å²) < 4.78 is 22.5. The van der Waals surface area contributed by atoms with Crippen LogP contribution in [0.25, 0.3) is 0 Å². The van der Waals surface area contributed by atoms with Gasteiger partial charge in [-0.2, -0.15) is 0 Å². The zero-order chi connectivity index (χ0) is 14.8. The monoisotopic (exact) mass is 296 g/mol. The number of nitrogens with one attached hydrogen (secondary N) is 2. The first-order chi connectivity index (χ1) is 9.37. The first-order valence-electron chi connectivity index (χ1n) is 6.67. The highest BCUT2D eigenvalue weighted by atomic mass is 32.2. The summed E-state index contributed by atoms with van der Waals surface area (Å²) in [5.41, 5.74) is 2.86. The standard InChI is InChI=1S/C14H20N2O3S/c1-10(9-20(2,18)19)16-14(17)13-5-3-4-11-8-15-7-6-12(11)13/h3-5,10,15H,6-9H2,1-2H3,(H,16,17). The molecule has 0 aromatic heterocycles. The van der Waals surface area contributed by atoms with Gasteiger partial charge in [-0.05, 0) is 37.1 Å². The Balaban J connectivity index is 2.14. The highest BCUT2D eigenvalue weighted by molar-refractivity contribution is 7.90. The van der Waals surface area contributed by atoms with Gasteiger partial charge in [0.15, 0.2) is 0 Å². The van der Waals surface area contributed by atoms with Gasteiger partial charge >= 0.3 is 0 Å². The molecule has 0 saturated carbocycles. The summed E-state index contributed by atoms with van der Waals surface area (Å²) in [7, 11) is -3.09. The first-order valence-corrected chi connectivity index (χ1v) is 8.73. The van der Waals surface area contributed by atoms with Crippen LogP contribution in [0.2, 0.25) is 0 Å². The molecule has 2 rings (SSSR count). The van der Waals surface area contributed by atoms with E-state index in [9.17, 15) is 13.2 Å². The predicted molar refractivity (Wildman–Crippen MR) is 78.5 cm³/mol. The molecule has 1 aliphatic heterocycles. The van der Waals surface area contributed by atoms with Crippen molar-refractivity contribution in [2.75, 3.05) is 18.6 Å². The smallest absolute Gasteiger partial charge is 0.251 e. The topological polar surface area (TPSA) is 75.3 Å². The van der Waals surface area contributed by atoms with Crippen LogP contribution < -0.4 is 10.6 Å². The molecule has 0 radical (unpaired) electrons. The maximum Gasteiger partial charge on any atom is 0.251 e. The molecule has 5 nitrogen and oxygen atoms in total. The zero-order valence-corrected chi connectivity index (χ0v) is 12.6. The molecule has 6 heteroatoms. The Hall–Kier alpha value is -1.40. The average Bonchev–Trinajstić information content (AvgIpc) is 2.35. The van der Waals surface area contributed by atoms with E-state index in [1.165, 1.54) is 6.26 Å². The van der Waals surface area contributed by atoms with Gasteiger partial charge in [-0.3, -0.25) is 4.79 Å². The number of carbonyl (C=O) groups is 1. The number of sulfone groups is 1. The summed E-state index contributed by atoms with van der Waals surface area (Å²) >= 11 is 0. The van der Waals surface area contributed by atoms with Gasteiger partial charge in [0.25, 0.3) is 5.91 Å². The molecular weight excluding hydrogens is 276 g/mol. The van der Waals surface area contributed by atoms with Crippen LogP contribution in [0, 0.1) is 0 Å². The molecule has 110 valence electrons. The first kappa shape index (κ1) is 15.0. The number of carbonyl (C=O) groups excluding carboxylic acids is 1. The van der Waals surface area contributed by atoms with E-state index in [1.807, 2.05) is 12.1 Å². The summed E-state index contributed by atoms with van der Waals surface area (Å²) in [4.78, 5) is 12.3. The number of hydrogen-bond acceptors (Lipinski definition) is 4. The van der Waals surface area contributed by atoms with Crippen LogP contribution in [0.3, 0.4) is 0 Å². The van der Waals surface area contributed by atoms with E-state index in [0.29, 0.717) is 5.56 Å². The van der Waals surface area contributed by atoms with Crippen LogP contribution in [-0.2, 0) is 22.8 Å². The van der Waals surface area contributed by atoms with Crippen molar-refractivity contribution in [3.8, 4) is 0 Å². The van der Waals surface area contributed by atoms with E-state index in [-0.39, 0.29) is 11.7 Å². The second-order valence-corrected chi connectivity index (χ2v) is 7.52. The second-order valence-electron chi connectivity index (χ2n) is 5.34. The van der Waals surface area contributed by atoms with Crippen molar-refractivity contribution in [3.63, 3.8) is 0 Å². The van der Waals surface area contributed by atoms with E-state index in [0.717, 1.165) is 30.6 Å². The van der Waals surface area contributed by atoms with E-state index >= 15 is 0 Å². The minimum Gasteiger partial charge on any atom is -0.349 e. The molecule has 2 N–H and O–H groups in total. The highest BCUT2D eigenvalue weighted by Crippen LogP contribution is 2.18. The Bertz CT molecular complexity index is 611. The van der Waals surface area contributed by atoms with Crippen LogP contribution in [0.4, 0.5) is 0 Å². The number of hydrogen-bond donors (Lipinski definition) is 2. The van der Waals surface area contributed by atoms with Crippen LogP contribution in [0.15, 0.2) is 18.2 Å². The van der Waals surface area contributed by atoms with Crippen molar-refractivity contribution in [1.29, 1.82) is 0 Å². The van der Waals surface area contributed by atoms with Crippen molar-refractivity contribution in [2.24, 2.45) is 0 Å². The van der Waals surface area contributed by atoms with E-state index in [4.69, 9.17) is 0 Å². The fourth-order valence-corrected chi connectivity index (χ4v) is 3.53. The number of rotatable bonds is 4. The maximum absolute atomic E-state index is 12.3. The summed E-state index contributed by atoms with van der Waals surface area (Å²) in [6.45, 7) is 3.33. The Morgan fingerprint density at radius 1 is 1.45 bits per heavy atom. The van der Waals surface area contributed by atoms with Gasteiger partial charge in [-0.25, -0.2) is 8.42 Å². The van der Waals surface area contributed by atoms with E-state index < -0.39 is 15.9 Å². The number of fused-ring (bicyclic) bond motifs is 1. The Kier molecular flexibility index (Phi) is 4.45. The van der Waals surface area contributed by atoms with Gasteiger partial charge in [0, 0.05) is 24.4 Å². The van der Waals surface area contributed by atoms with Gasteiger partial charge in [0.2, 0.25) is 0 Å². The van der Waals surface area contributed by atoms with Crippen LogP contribution in [-0.4, -0.2) is 38.9 Å². The highest BCUT2D eigenvalue weighted by Gasteiger charge is 2.19. The largest absolute Gasteiger partial charge is 0.349 e. The average molecular weight is 296 g/mol. The van der Waals surface area contributed by atoms with Crippen molar-refractivity contribution in [1.82, 2.24) is 10.6 Å². The number of benzene rings is 1. The normalized spacial score (nSPS) is 16.3. The van der Waals surface area contributed by atoms with E-state index in [1.54, 1.807) is 13.0 Å². The quantitative estimate of drug-likeness (QED) is 0.848. The molecule has 0 saturated heterocycles.